The van der Waals surface area contributed by atoms with Crippen molar-refractivity contribution in [1.29, 1.82) is 0 Å². The van der Waals surface area contributed by atoms with Gasteiger partial charge >= 0.3 is 0 Å². The molecule has 0 saturated carbocycles. The summed E-state index contributed by atoms with van der Waals surface area (Å²) < 4.78 is 0. The average Bonchev–Trinajstić information content (AvgIpc) is 1.84. The van der Waals surface area contributed by atoms with E-state index in [-0.39, 0.29) is 0 Å². The third-order valence-corrected chi connectivity index (χ3v) is 5.46. The fraction of sp³-hybridized carbons (Fsp3) is 1.00. The summed E-state index contributed by atoms with van der Waals surface area (Å²) in [5.41, 5.74) is 12.3. The maximum atomic E-state index is 5.80. The Bertz CT molecular complexity index is 75.5. The van der Waals surface area contributed by atoms with Gasteiger partial charge in [0.05, 0.1) is 8.80 Å². The molecule has 0 heterocycles. The molecule has 9 heavy (non-hydrogen) atoms. The van der Waals surface area contributed by atoms with Crippen LogP contribution in [-0.2, 0) is 0 Å². The van der Waals surface area contributed by atoms with Crippen LogP contribution in [0.4, 0.5) is 0 Å². The van der Waals surface area contributed by atoms with Crippen LogP contribution in [0.25, 0.3) is 0 Å². The van der Waals surface area contributed by atoms with Gasteiger partial charge in [0.2, 0.25) is 0 Å². The molecule has 0 aliphatic rings. The standard InChI is InChI=1S/C6H18N2Si/c1-4-6(8)9(3)5(2)7/h5-6,9H,4,7-8H2,1-3H3. The van der Waals surface area contributed by atoms with Gasteiger partial charge < -0.3 is 11.5 Å². The van der Waals surface area contributed by atoms with Crippen molar-refractivity contribution in [2.45, 2.75) is 38.1 Å². The molecule has 0 saturated heterocycles. The molecule has 0 aromatic heterocycles. The second-order valence-electron chi connectivity index (χ2n) is 2.79. The molecule has 0 aliphatic carbocycles. The summed E-state index contributed by atoms with van der Waals surface area (Å²) in [6.45, 7) is 6.42. The van der Waals surface area contributed by atoms with Gasteiger partial charge in [-0.1, -0.05) is 20.4 Å². The zero-order valence-electron chi connectivity index (χ0n) is 6.59. The molecule has 0 aromatic carbocycles. The van der Waals surface area contributed by atoms with E-state index in [0.717, 1.165) is 6.42 Å². The lowest BCUT2D eigenvalue weighted by molar-refractivity contribution is 0.803. The van der Waals surface area contributed by atoms with Gasteiger partial charge in [0.1, 0.15) is 0 Å². The van der Waals surface area contributed by atoms with Crippen LogP contribution >= 0.6 is 0 Å². The van der Waals surface area contributed by atoms with Crippen LogP contribution in [-0.4, -0.2) is 20.1 Å². The van der Waals surface area contributed by atoms with Gasteiger partial charge in [0.25, 0.3) is 0 Å². The van der Waals surface area contributed by atoms with Gasteiger partial charge in [-0.3, -0.25) is 0 Å². The Labute approximate surface area is 59.2 Å². The summed E-state index contributed by atoms with van der Waals surface area (Å²) in [7, 11) is -0.814. The number of hydrogen-bond acceptors (Lipinski definition) is 2. The fourth-order valence-electron chi connectivity index (χ4n) is 0.762. The Morgan fingerprint density at radius 2 is 1.89 bits per heavy atom. The zero-order chi connectivity index (χ0) is 7.44. The summed E-state index contributed by atoms with van der Waals surface area (Å²) in [4.78, 5) is 0. The second-order valence-corrected chi connectivity index (χ2v) is 6.42. The van der Waals surface area contributed by atoms with Gasteiger partial charge in [-0.05, 0) is 17.8 Å². The second kappa shape index (κ2) is 4.03. The van der Waals surface area contributed by atoms with E-state index in [1.807, 2.05) is 0 Å². The minimum atomic E-state index is -0.814. The van der Waals surface area contributed by atoms with Crippen LogP contribution in [0.1, 0.15) is 20.3 Å². The van der Waals surface area contributed by atoms with E-state index in [9.17, 15) is 0 Å². The van der Waals surface area contributed by atoms with Gasteiger partial charge in [-0.25, -0.2) is 0 Å². The van der Waals surface area contributed by atoms with Crippen molar-refractivity contribution in [3.05, 3.63) is 0 Å². The van der Waals surface area contributed by atoms with E-state index in [0.29, 0.717) is 11.3 Å². The first kappa shape index (κ1) is 9.14. The maximum Gasteiger partial charge on any atom is 0.0717 e. The van der Waals surface area contributed by atoms with E-state index in [4.69, 9.17) is 11.5 Å². The molecule has 3 heteroatoms. The molecule has 3 atom stereocenters. The van der Waals surface area contributed by atoms with Crippen molar-refractivity contribution < 1.29 is 0 Å². The quantitative estimate of drug-likeness (QED) is 0.551. The van der Waals surface area contributed by atoms with Crippen LogP contribution < -0.4 is 11.5 Å². The Morgan fingerprint density at radius 3 is 2.00 bits per heavy atom. The van der Waals surface area contributed by atoms with Crippen LogP contribution in [0, 0.1) is 0 Å². The molecular weight excluding hydrogens is 128 g/mol. The summed E-state index contributed by atoms with van der Waals surface area (Å²) in [5, 5.41) is 0. The molecule has 56 valence electrons. The van der Waals surface area contributed by atoms with Crippen molar-refractivity contribution >= 4 is 8.80 Å². The molecule has 0 aromatic rings. The molecular formula is C6H18N2Si. The molecule has 3 unspecified atom stereocenters. The molecule has 4 N–H and O–H groups in total. The van der Waals surface area contributed by atoms with Crippen molar-refractivity contribution in [2.75, 3.05) is 0 Å². The van der Waals surface area contributed by atoms with Crippen LogP contribution in [0.3, 0.4) is 0 Å². The van der Waals surface area contributed by atoms with E-state index < -0.39 is 8.80 Å². The smallest absolute Gasteiger partial charge is 0.0717 e. The molecule has 0 bridgehead atoms. The average molecular weight is 146 g/mol. The first-order valence-electron chi connectivity index (χ1n) is 3.60. The molecule has 0 amide bonds. The lowest BCUT2D eigenvalue weighted by Crippen LogP contribution is -2.47. The predicted octanol–water partition coefficient (Wildman–Crippen LogP) is 0.00620. The third-order valence-electron chi connectivity index (χ3n) is 1.98. The Kier molecular flexibility index (Phi) is 4.09. The van der Waals surface area contributed by atoms with E-state index in [1.54, 1.807) is 0 Å². The first-order chi connectivity index (χ1) is 4.09. The van der Waals surface area contributed by atoms with E-state index in [1.165, 1.54) is 0 Å². The van der Waals surface area contributed by atoms with Crippen LogP contribution in [0.15, 0.2) is 0 Å². The lowest BCUT2D eigenvalue weighted by Gasteiger charge is -2.19. The summed E-state index contributed by atoms with van der Waals surface area (Å²) in [5.74, 6) is 0. The fourth-order valence-corrected chi connectivity index (χ4v) is 2.29. The van der Waals surface area contributed by atoms with Gasteiger partial charge in [0.15, 0.2) is 0 Å². The summed E-state index contributed by atoms with van der Waals surface area (Å²) in [6, 6.07) is 0. The summed E-state index contributed by atoms with van der Waals surface area (Å²) in [6.07, 6.45) is 1.08. The highest BCUT2D eigenvalue weighted by molar-refractivity contribution is 6.60. The molecule has 0 aliphatic heterocycles. The van der Waals surface area contributed by atoms with Crippen molar-refractivity contribution in [1.82, 2.24) is 0 Å². The number of hydrogen-bond donors (Lipinski definition) is 2. The van der Waals surface area contributed by atoms with E-state index >= 15 is 0 Å². The first-order valence-corrected chi connectivity index (χ1v) is 6.09. The predicted molar refractivity (Wildman–Crippen MR) is 44.9 cm³/mol. The van der Waals surface area contributed by atoms with Gasteiger partial charge in [-0.2, -0.15) is 0 Å². The van der Waals surface area contributed by atoms with Crippen molar-refractivity contribution in [2.24, 2.45) is 11.5 Å². The SMILES string of the molecule is CCC(N)[SiH](C)C(C)N. The molecule has 0 rings (SSSR count). The maximum absolute atomic E-state index is 5.80. The number of rotatable bonds is 3. The van der Waals surface area contributed by atoms with Crippen LogP contribution in [0.2, 0.25) is 6.55 Å². The van der Waals surface area contributed by atoms with Crippen molar-refractivity contribution in [3.8, 4) is 0 Å². The normalized spacial score (nSPS) is 21.0. The lowest BCUT2D eigenvalue weighted by atomic mass is 10.5. The van der Waals surface area contributed by atoms with Gasteiger partial charge in [0, 0.05) is 0 Å². The van der Waals surface area contributed by atoms with E-state index in [2.05, 4.69) is 20.4 Å². The highest BCUT2D eigenvalue weighted by Gasteiger charge is 2.15. The van der Waals surface area contributed by atoms with Crippen molar-refractivity contribution in [3.63, 3.8) is 0 Å². The minimum Gasteiger partial charge on any atom is -0.331 e. The molecule has 0 spiro atoms. The highest BCUT2D eigenvalue weighted by Crippen LogP contribution is 1.96. The van der Waals surface area contributed by atoms with Gasteiger partial charge in [-0.15, -0.1) is 0 Å². The Hall–Kier alpha value is 0.137. The van der Waals surface area contributed by atoms with Crippen LogP contribution in [0.5, 0.6) is 0 Å². The Balaban J connectivity index is 3.58. The molecule has 0 radical (unpaired) electrons. The molecule has 2 nitrogen and oxygen atoms in total. The zero-order valence-corrected chi connectivity index (χ0v) is 7.75. The topological polar surface area (TPSA) is 52.0 Å². The molecule has 0 fully saturated rings. The minimum absolute atomic E-state index is 0.361. The number of nitrogens with two attached hydrogens (primary N) is 2. The summed E-state index contributed by atoms with van der Waals surface area (Å²) >= 11 is 0. The highest BCUT2D eigenvalue weighted by atomic mass is 28.3. The monoisotopic (exact) mass is 146 g/mol. The third kappa shape index (κ3) is 2.98. The Morgan fingerprint density at radius 1 is 1.44 bits per heavy atom. The largest absolute Gasteiger partial charge is 0.331 e.